The quantitative estimate of drug-likeness (QED) is 0.394. The molecular formula is C25H25ClF3NO6S. The Morgan fingerprint density at radius 2 is 1.68 bits per heavy atom. The molecule has 2 fully saturated rings. The van der Waals surface area contributed by atoms with Gasteiger partial charge in [-0.15, -0.1) is 0 Å². The Hall–Kier alpha value is -2.63. The van der Waals surface area contributed by atoms with Gasteiger partial charge in [0.05, 0.1) is 20.3 Å². The number of carbonyl (C=O) groups excluding carboxylic acids is 2. The van der Waals surface area contributed by atoms with Gasteiger partial charge < -0.3 is 15.2 Å². The molecule has 1 amide bonds. The van der Waals surface area contributed by atoms with Crippen molar-refractivity contribution in [2.75, 3.05) is 11.9 Å². The number of anilines is 1. The molecule has 2 unspecified atom stereocenters. The molecule has 12 heteroatoms. The highest BCUT2D eigenvalue weighted by atomic mass is 35.5. The first-order valence-electron chi connectivity index (χ1n) is 11.5. The lowest BCUT2D eigenvalue weighted by atomic mass is 9.71. The van der Waals surface area contributed by atoms with Crippen LogP contribution in [0.3, 0.4) is 0 Å². The minimum absolute atomic E-state index is 0.103. The van der Waals surface area contributed by atoms with Crippen LogP contribution in [0.1, 0.15) is 49.9 Å². The molecule has 0 spiro atoms. The molecule has 2 aromatic carbocycles. The maximum atomic E-state index is 14.0. The molecule has 2 N–H and O–H groups in total. The monoisotopic (exact) mass is 559 g/mol. The van der Waals surface area contributed by atoms with Gasteiger partial charge in [-0.1, -0.05) is 11.6 Å². The van der Waals surface area contributed by atoms with Crippen molar-refractivity contribution >= 4 is 39.0 Å². The van der Waals surface area contributed by atoms with Crippen molar-refractivity contribution in [3.8, 4) is 0 Å². The van der Waals surface area contributed by atoms with E-state index >= 15 is 0 Å². The fourth-order valence-corrected chi connectivity index (χ4v) is 8.41. The van der Waals surface area contributed by atoms with Gasteiger partial charge in [-0.05, 0) is 62.6 Å². The summed E-state index contributed by atoms with van der Waals surface area (Å²) in [5.41, 5.74) is -1.85. The molecule has 2 aliphatic carbocycles. The molecule has 37 heavy (non-hydrogen) atoms. The van der Waals surface area contributed by atoms with E-state index in [-0.39, 0.29) is 40.6 Å². The number of benzene rings is 2. The van der Waals surface area contributed by atoms with Crippen LogP contribution >= 0.6 is 11.6 Å². The molecule has 2 aromatic rings. The van der Waals surface area contributed by atoms with Gasteiger partial charge in [0.1, 0.15) is 6.61 Å². The summed E-state index contributed by atoms with van der Waals surface area (Å²) in [4.78, 5) is 23.7. The van der Waals surface area contributed by atoms with Crippen LogP contribution in [0.4, 0.5) is 18.9 Å². The second-order valence-electron chi connectivity index (χ2n) is 9.92. The van der Waals surface area contributed by atoms with Gasteiger partial charge >= 0.3 is 5.97 Å². The number of fused-ring (bicyclic) bond motifs is 2. The zero-order valence-electron chi connectivity index (χ0n) is 20.0. The predicted molar refractivity (Wildman–Crippen MR) is 128 cm³/mol. The van der Waals surface area contributed by atoms with E-state index < -0.39 is 61.3 Å². The Balaban J connectivity index is 1.64. The van der Waals surface area contributed by atoms with E-state index in [0.717, 1.165) is 6.07 Å². The summed E-state index contributed by atoms with van der Waals surface area (Å²) in [6.45, 7) is 2.60. The van der Waals surface area contributed by atoms with E-state index in [1.807, 2.05) is 0 Å². The van der Waals surface area contributed by atoms with Crippen molar-refractivity contribution in [2.24, 2.45) is 11.8 Å². The van der Waals surface area contributed by atoms with Crippen molar-refractivity contribution in [3.63, 3.8) is 0 Å². The van der Waals surface area contributed by atoms with Crippen molar-refractivity contribution in [1.29, 1.82) is 0 Å². The van der Waals surface area contributed by atoms with Crippen LogP contribution in [0.5, 0.6) is 0 Å². The van der Waals surface area contributed by atoms with Gasteiger partial charge in [0.25, 0.3) is 5.91 Å². The lowest BCUT2D eigenvalue weighted by Gasteiger charge is -2.47. The molecule has 2 atom stereocenters. The Morgan fingerprint density at radius 3 is 2.22 bits per heavy atom. The standard InChI is InChI=1S/C25H25ClF3NO6S/c1-13(31)36-12-25(33)10-15-4-5-16(11-25)24(15,2)37(34,35)21-7-14(3-6-18(21)26)23(32)30-17-8-19(27)22(29)20(28)9-17/h3,6-9,15-16,33H,4-5,10-12H2,1-2H3,(H,30,32)/t15?,16?,24-,25-. The molecule has 2 aliphatic rings. The predicted octanol–water partition coefficient (Wildman–Crippen LogP) is 4.66. The first-order chi connectivity index (χ1) is 17.2. The van der Waals surface area contributed by atoms with Crippen molar-refractivity contribution < 1.29 is 41.0 Å². The Morgan fingerprint density at radius 1 is 1.11 bits per heavy atom. The van der Waals surface area contributed by atoms with Crippen molar-refractivity contribution in [3.05, 3.63) is 58.4 Å². The number of ether oxygens (including phenoxy) is 1. The fraction of sp³-hybridized carbons (Fsp3) is 0.440. The maximum Gasteiger partial charge on any atom is 0.302 e. The lowest BCUT2D eigenvalue weighted by Crippen LogP contribution is -2.55. The number of rotatable bonds is 6. The Labute approximate surface area is 216 Å². The highest BCUT2D eigenvalue weighted by molar-refractivity contribution is 7.93. The Bertz CT molecular complexity index is 1350. The molecule has 0 heterocycles. The van der Waals surface area contributed by atoms with Crippen LogP contribution in [-0.4, -0.2) is 42.4 Å². The van der Waals surface area contributed by atoms with Crippen LogP contribution in [0.25, 0.3) is 0 Å². The van der Waals surface area contributed by atoms with E-state index in [0.29, 0.717) is 25.0 Å². The lowest BCUT2D eigenvalue weighted by molar-refractivity contribution is -0.153. The number of esters is 1. The third-order valence-electron chi connectivity index (χ3n) is 7.59. The average Bonchev–Trinajstić information content (AvgIpc) is 3.00. The van der Waals surface area contributed by atoms with Crippen molar-refractivity contribution in [2.45, 2.75) is 54.8 Å². The molecule has 0 aromatic heterocycles. The first-order valence-corrected chi connectivity index (χ1v) is 13.4. The normalized spacial score (nSPS) is 27.1. The molecular weight excluding hydrogens is 535 g/mol. The van der Waals surface area contributed by atoms with Crippen molar-refractivity contribution in [1.82, 2.24) is 0 Å². The topological polar surface area (TPSA) is 110 Å². The second-order valence-corrected chi connectivity index (χ2v) is 12.7. The zero-order chi connectivity index (χ0) is 27.3. The molecule has 200 valence electrons. The molecule has 0 aliphatic heterocycles. The van der Waals surface area contributed by atoms with Gasteiger partial charge in [0.2, 0.25) is 0 Å². The van der Waals surface area contributed by atoms with E-state index in [1.165, 1.54) is 19.1 Å². The number of carbonyl (C=O) groups is 2. The summed E-state index contributed by atoms with van der Waals surface area (Å²) >= 11 is 6.28. The van der Waals surface area contributed by atoms with E-state index in [4.69, 9.17) is 16.3 Å². The minimum atomic E-state index is -4.16. The number of hydrogen-bond acceptors (Lipinski definition) is 6. The summed E-state index contributed by atoms with van der Waals surface area (Å²) in [7, 11) is -4.16. The fourth-order valence-electron chi connectivity index (χ4n) is 5.63. The summed E-state index contributed by atoms with van der Waals surface area (Å²) in [5, 5.41) is 13.1. The summed E-state index contributed by atoms with van der Waals surface area (Å²) in [6, 6.07) is 4.78. The average molecular weight is 560 g/mol. The van der Waals surface area contributed by atoms with Crippen LogP contribution < -0.4 is 5.32 Å². The number of amides is 1. The molecule has 7 nitrogen and oxygen atoms in total. The van der Waals surface area contributed by atoms with E-state index in [1.54, 1.807) is 6.92 Å². The zero-order valence-corrected chi connectivity index (χ0v) is 21.6. The second kappa shape index (κ2) is 9.59. The van der Waals surface area contributed by atoms with Gasteiger partial charge in [0.15, 0.2) is 27.3 Å². The number of halogens is 4. The van der Waals surface area contributed by atoms with Gasteiger partial charge in [-0.2, -0.15) is 0 Å². The number of nitrogens with one attached hydrogen (secondary N) is 1. The number of aliphatic hydroxyl groups is 1. The molecule has 0 radical (unpaired) electrons. The molecule has 0 saturated heterocycles. The van der Waals surface area contributed by atoms with Crippen LogP contribution in [-0.2, 0) is 19.4 Å². The van der Waals surface area contributed by atoms with E-state index in [2.05, 4.69) is 5.32 Å². The third-order valence-corrected chi connectivity index (χ3v) is 10.8. The van der Waals surface area contributed by atoms with Gasteiger partial charge in [-0.3, -0.25) is 9.59 Å². The number of hydrogen-bond donors (Lipinski definition) is 2. The molecule has 4 rings (SSSR count). The highest BCUT2D eigenvalue weighted by Gasteiger charge is 2.62. The van der Waals surface area contributed by atoms with Gasteiger partial charge in [0, 0.05) is 30.3 Å². The Kier molecular flexibility index (Phi) is 7.11. The highest BCUT2D eigenvalue weighted by Crippen LogP contribution is 2.58. The number of sulfone groups is 1. The van der Waals surface area contributed by atoms with E-state index in [9.17, 15) is 36.3 Å². The third kappa shape index (κ3) is 4.84. The smallest absolute Gasteiger partial charge is 0.302 e. The molecule has 2 saturated carbocycles. The minimum Gasteiger partial charge on any atom is -0.463 e. The summed E-state index contributed by atoms with van der Waals surface area (Å²) in [5.74, 6) is -7.03. The summed E-state index contributed by atoms with van der Waals surface area (Å²) in [6.07, 6.45) is 1.27. The van der Waals surface area contributed by atoms with Crippen LogP contribution in [0.15, 0.2) is 35.2 Å². The SMILES string of the molecule is CC(=O)OC[C@]1(O)CC2CCC(C1)[C@@]2(C)S(=O)(=O)c1cc(C(=O)Nc2cc(F)c(F)c(F)c2)ccc1Cl. The van der Waals surface area contributed by atoms with Gasteiger partial charge in [-0.25, -0.2) is 21.6 Å². The molecule has 2 bridgehead atoms. The first kappa shape index (κ1) is 27.4. The largest absolute Gasteiger partial charge is 0.463 e. The summed E-state index contributed by atoms with van der Waals surface area (Å²) < 4.78 is 72.0. The van der Waals surface area contributed by atoms with Crippen LogP contribution in [0.2, 0.25) is 5.02 Å². The maximum absolute atomic E-state index is 14.0. The van der Waals surface area contributed by atoms with Crippen LogP contribution in [0, 0.1) is 29.3 Å².